The van der Waals surface area contributed by atoms with E-state index < -0.39 is 0 Å². The second-order valence-electron chi connectivity index (χ2n) is 4.31. The van der Waals surface area contributed by atoms with Crippen LogP contribution in [0.2, 0.25) is 0 Å². The Hall–Kier alpha value is 0. The third-order valence-corrected chi connectivity index (χ3v) is 3.10. The molecule has 0 aromatic heterocycles. The van der Waals surface area contributed by atoms with Gasteiger partial charge < -0.3 is 0 Å². The molecule has 4 aliphatic carbocycles. The summed E-state index contributed by atoms with van der Waals surface area (Å²) in [7, 11) is 0. The van der Waals surface area contributed by atoms with Crippen molar-refractivity contribution in [1.29, 1.82) is 0 Å². The summed E-state index contributed by atoms with van der Waals surface area (Å²) >= 11 is 0. The van der Waals surface area contributed by atoms with Gasteiger partial charge in [0.05, 0.1) is 0 Å². The molecule has 0 nitrogen and oxygen atoms in total. The normalized spacial score (nSPS) is 30.8. The van der Waals surface area contributed by atoms with Crippen LogP contribution in [0.5, 0.6) is 0 Å². The van der Waals surface area contributed by atoms with Crippen LogP contribution in [-0.2, 0) is 0 Å². The summed E-state index contributed by atoms with van der Waals surface area (Å²) < 4.78 is 0. The van der Waals surface area contributed by atoms with Gasteiger partial charge in [0.1, 0.15) is 0 Å². The van der Waals surface area contributed by atoms with Gasteiger partial charge in [-0.05, 0) is 23.7 Å². The molecule has 4 fully saturated rings. The highest BCUT2D eigenvalue weighted by Crippen LogP contribution is 3.00. The van der Waals surface area contributed by atoms with Gasteiger partial charge in [0.25, 0.3) is 0 Å². The maximum Gasteiger partial charge on any atom is -0.0312 e. The lowest BCUT2D eigenvalue weighted by Crippen LogP contribution is -1.47. The first-order valence-electron chi connectivity index (χ1n) is 5.83. The molecule has 0 unspecified atom stereocenters. The molecule has 4 aliphatic rings. The Labute approximate surface area is 107 Å². The summed E-state index contributed by atoms with van der Waals surface area (Å²) in [5.74, 6) is 5.33. The van der Waals surface area contributed by atoms with Gasteiger partial charge in [-0.3, -0.25) is 0 Å². The lowest BCUT2D eigenvalue weighted by atomic mass is 10.4. The first-order chi connectivity index (χ1) is 5.83. The molecule has 104 valence electrons. The van der Waals surface area contributed by atoms with E-state index in [1.54, 1.807) is 0 Å². The quantitative estimate of drug-likeness (QED) is 0.500. The topological polar surface area (TPSA) is 0 Å². The monoisotopic (exact) mass is 232 g/mol. The Morgan fingerprint density at radius 1 is 0.438 bits per heavy atom. The van der Waals surface area contributed by atoms with E-state index in [-0.39, 0.29) is 29.7 Å². The van der Waals surface area contributed by atoms with Crippen molar-refractivity contribution < 1.29 is 0 Å². The highest BCUT2D eigenvalue weighted by atomic mass is 15.0. The number of hydrogen-bond acceptors (Lipinski definition) is 0. The number of unbranched alkanes of at least 4 members (excludes halogenated alkanes) is 2. The van der Waals surface area contributed by atoms with Crippen molar-refractivity contribution in [1.82, 2.24) is 0 Å². The maximum absolute atomic E-state index is 2.18. The lowest BCUT2D eigenvalue weighted by Gasteiger charge is -1.68. The minimum atomic E-state index is 0. The predicted molar refractivity (Wildman–Crippen MR) is 82.0 cm³/mol. The molecule has 4 saturated carbocycles. The molecule has 0 spiro atoms. The predicted octanol–water partition coefficient (Wildman–Crippen LogP) is 6.65. The van der Waals surface area contributed by atoms with Crippen molar-refractivity contribution in [2.75, 3.05) is 0 Å². The van der Waals surface area contributed by atoms with E-state index in [1.165, 1.54) is 49.4 Å². The standard InChI is InChI=1S/C4H4.2C4H10.4CH4/c1-2-3(1)4(1)2;2*1-3-4-2;;;;/h1-4H;2*3-4H2,1-2H3;4*1H4. The Morgan fingerprint density at radius 3 is 0.562 bits per heavy atom. The van der Waals surface area contributed by atoms with Crippen molar-refractivity contribution in [3.63, 3.8) is 0 Å². The fraction of sp³-hybridized carbons (Fsp3) is 1.00. The summed E-state index contributed by atoms with van der Waals surface area (Å²) in [5.41, 5.74) is 0. The second kappa shape index (κ2) is 11.5. The maximum atomic E-state index is 2.18. The van der Waals surface area contributed by atoms with E-state index in [2.05, 4.69) is 27.7 Å². The van der Waals surface area contributed by atoms with Gasteiger partial charge in [-0.2, -0.15) is 0 Å². The molecule has 0 aromatic rings. The third-order valence-electron chi connectivity index (χ3n) is 3.10. The molecular weight excluding hydrogens is 192 g/mol. The zero-order valence-corrected chi connectivity index (χ0v) is 9.14. The van der Waals surface area contributed by atoms with Crippen LogP contribution in [0.3, 0.4) is 0 Å². The second-order valence-corrected chi connectivity index (χ2v) is 4.31. The van der Waals surface area contributed by atoms with Crippen LogP contribution < -0.4 is 0 Å². The van der Waals surface area contributed by atoms with Gasteiger partial charge in [-0.1, -0.05) is 83.1 Å². The molecule has 0 heterocycles. The van der Waals surface area contributed by atoms with Gasteiger partial charge in [-0.15, -0.1) is 0 Å². The third kappa shape index (κ3) is 7.30. The highest BCUT2D eigenvalue weighted by molar-refractivity contribution is 5.43. The summed E-state index contributed by atoms with van der Waals surface area (Å²) in [6.45, 7) is 8.72. The van der Waals surface area contributed by atoms with Crippen molar-refractivity contribution in [3.05, 3.63) is 0 Å². The van der Waals surface area contributed by atoms with Crippen LogP contribution in [0, 0.1) is 23.7 Å². The smallest absolute Gasteiger partial charge is 0.0312 e. The van der Waals surface area contributed by atoms with Crippen molar-refractivity contribution in [2.45, 2.75) is 83.1 Å². The first kappa shape index (κ1) is 25.0. The molecule has 0 bridgehead atoms. The summed E-state index contributed by atoms with van der Waals surface area (Å²) in [5, 5.41) is 0. The number of rotatable bonds is 2. The van der Waals surface area contributed by atoms with Crippen LogP contribution >= 0.6 is 0 Å². The van der Waals surface area contributed by atoms with Gasteiger partial charge in [0.15, 0.2) is 0 Å². The Balaban J connectivity index is -0.0000000600. The Bertz CT molecular complexity index is 77.0. The molecule has 0 saturated heterocycles. The molecule has 0 N–H and O–H groups in total. The lowest BCUT2D eigenvalue weighted by molar-refractivity contribution is 0.886. The summed E-state index contributed by atoms with van der Waals surface area (Å²) in [4.78, 5) is 0. The van der Waals surface area contributed by atoms with Gasteiger partial charge >= 0.3 is 0 Å². The van der Waals surface area contributed by atoms with Crippen LogP contribution in [0.4, 0.5) is 0 Å². The van der Waals surface area contributed by atoms with Crippen molar-refractivity contribution in [3.8, 4) is 0 Å². The minimum Gasteiger partial charge on any atom is -0.0776 e. The molecular formula is C16H40. The van der Waals surface area contributed by atoms with Crippen molar-refractivity contribution >= 4 is 0 Å². The highest BCUT2D eigenvalue weighted by Gasteiger charge is 2.97. The molecule has 0 aromatic carbocycles. The van der Waals surface area contributed by atoms with Crippen LogP contribution in [0.25, 0.3) is 0 Å². The molecule has 0 heteroatoms. The molecule has 16 heavy (non-hydrogen) atoms. The van der Waals surface area contributed by atoms with Gasteiger partial charge in [-0.25, -0.2) is 0 Å². The van der Waals surface area contributed by atoms with Crippen LogP contribution in [0.15, 0.2) is 0 Å². The van der Waals surface area contributed by atoms with E-state index in [1.807, 2.05) is 0 Å². The van der Waals surface area contributed by atoms with Crippen LogP contribution in [-0.4, -0.2) is 0 Å². The molecule has 4 rings (SSSR count). The summed E-state index contributed by atoms with van der Waals surface area (Å²) in [6, 6.07) is 0. The molecule has 0 aliphatic heterocycles. The molecule has 0 amide bonds. The van der Waals surface area contributed by atoms with Crippen molar-refractivity contribution in [2.24, 2.45) is 23.7 Å². The SMILES string of the molecule is C.C.C.C.C12C3C1C23.CCCC.CCCC. The zero-order valence-electron chi connectivity index (χ0n) is 9.14. The average Bonchev–Trinajstić information content (AvgIpc) is 2.90. The fourth-order valence-electron chi connectivity index (χ4n) is 1.10. The van der Waals surface area contributed by atoms with E-state index in [0.29, 0.717) is 0 Å². The Morgan fingerprint density at radius 2 is 0.562 bits per heavy atom. The fourth-order valence-corrected chi connectivity index (χ4v) is 1.10. The minimum absolute atomic E-state index is 0. The molecule has 0 atom stereocenters. The Kier molecular flexibility index (Phi) is 17.9. The van der Waals surface area contributed by atoms with E-state index in [4.69, 9.17) is 0 Å². The zero-order chi connectivity index (χ0) is 9.14. The van der Waals surface area contributed by atoms with Gasteiger partial charge in [0.2, 0.25) is 0 Å². The largest absolute Gasteiger partial charge is 0.0776 e. The van der Waals surface area contributed by atoms with E-state index in [9.17, 15) is 0 Å². The molecule has 0 radical (unpaired) electrons. The van der Waals surface area contributed by atoms with E-state index >= 15 is 0 Å². The average molecular weight is 232 g/mol. The van der Waals surface area contributed by atoms with Crippen LogP contribution in [0.1, 0.15) is 83.1 Å². The number of hydrogen-bond donors (Lipinski definition) is 0. The van der Waals surface area contributed by atoms with E-state index in [0.717, 1.165) is 0 Å². The first-order valence-corrected chi connectivity index (χ1v) is 5.83. The summed E-state index contributed by atoms with van der Waals surface area (Å²) in [6.07, 6.45) is 5.28. The van der Waals surface area contributed by atoms with Gasteiger partial charge in [0, 0.05) is 0 Å².